The Bertz CT molecular complexity index is 1430. The Hall–Kier alpha value is -2.01. The summed E-state index contributed by atoms with van der Waals surface area (Å²) in [6.45, 7) is 4.31. The molecule has 31 heavy (non-hydrogen) atoms. The van der Waals surface area contributed by atoms with Gasteiger partial charge in [-0.3, -0.25) is 4.79 Å². The predicted molar refractivity (Wildman–Crippen MR) is 129 cm³/mol. The van der Waals surface area contributed by atoms with Crippen LogP contribution in [0.4, 0.5) is 0 Å². The Morgan fingerprint density at radius 2 is 1.87 bits per heavy atom. The molecule has 0 saturated heterocycles. The van der Waals surface area contributed by atoms with Crippen LogP contribution in [0.15, 0.2) is 61.1 Å². The molecule has 0 aliphatic carbocycles. The zero-order valence-corrected chi connectivity index (χ0v) is 21.3. The molecule has 4 rings (SSSR count). The van der Waals surface area contributed by atoms with E-state index in [0.717, 1.165) is 32.1 Å². The summed E-state index contributed by atoms with van der Waals surface area (Å²) in [6, 6.07) is 13.4. The number of halogens is 2. The summed E-state index contributed by atoms with van der Waals surface area (Å²) in [5.74, 6) is -0.155. The first-order chi connectivity index (χ1) is 14.6. The normalized spacial score (nSPS) is 11.7. The number of hydrogen-bond donors (Lipinski definition) is 1. The summed E-state index contributed by atoms with van der Waals surface area (Å²) in [6.07, 6.45) is 1.57. The smallest absolute Gasteiger partial charge is 0.285 e. The van der Waals surface area contributed by atoms with Crippen LogP contribution in [-0.4, -0.2) is 23.9 Å². The van der Waals surface area contributed by atoms with Crippen molar-refractivity contribution in [2.24, 2.45) is 0 Å². The molecule has 2 aromatic heterocycles. The number of carbonyl (C=O) groups excluding carboxylic acids is 1. The quantitative estimate of drug-likeness (QED) is 0.341. The molecule has 0 saturated carbocycles. The second-order valence-electron chi connectivity index (χ2n) is 7.06. The highest BCUT2D eigenvalue weighted by molar-refractivity contribution is 9.11. The Kier molecular flexibility index (Phi) is 6.08. The molecule has 4 aromatic rings. The molecular weight excluding hydrogens is 566 g/mol. The monoisotopic (exact) mass is 581 g/mol. The van der Waals surface area contributed by atoms with Crippen molar-refractivity contribution in [1.29, 1.82) is 0 Å². The number of carbonyl (C=O) groups is 1. The number of nitrogens with zero attached hydrogens (tertiary/aromatic N) is 2. The number of benzene rings is 2. The molecule has 1 N–H and O–H groups in total. The van der Waals surface area contributed by atoms with Gasteiger partial charge in [0.2, 0.25) is 0 Å². The van der Waals surface area contributed by atoms with Crippen LogP contribution in [-0.2, 0) is 16.6 Å². The standard InChI is InChI=1S/C21H17Br2N3O3S2/c1-12-3-4-14-5-6-15(20(23)16(14)9-12)10-26-11-17(24-13(26)2)21(27)25-31(28,29)19-8-7-18(22)30-19/h3-9,11H,10H2,1-2H3,(H,25,27). The molecule has 0 atom stereocenters. The third kappa shape index (κ3) is 4.62. The van der Waals surface area contributed by atoms with Crippen molar-refractivity contribution in [2.45, 2.75) is 24.6 Å². The number of hydrogen-bond acceptors (Lipinski definition) is 5. The highest BCUT2D eigenvalue weighted by Gasteiger charge is 2.23. The van der Waals surface area contributed by atoms with E-state index in [2.05, 4.69) is 65.8 Å². The lowest BCUT2D eigenvalue weighted by molar-refractivity contribution is 0.0977. The van der Waals surface area contributed by atoms with E-state index in [9.17, 15) is 13.2 Å². The molecule has 0 aliphatic rings. The fourth-order valence-electron chi connectivity index (χ4n) is 3.19. The van der Waals surface area contributed by atoms with Gasteiger partial charge < -0.3 is 4.57 Å². The summed E-state index contributed by atoms with van der Waals surface area (Å²) < 4.78 is 30.5. The molecule has 0 aliphatic heterocycles. The second-order valence-corrected chi connectivity index (χ2v) is 12.2. The van der Waals surface area contributed by atoms with Gasteiger partial charge in [-0.1, -0.05) is 35.9 Å². The van der Waals surface area contributed by atoms with E-state index in [-0.39, 0.29) is 9.90 Å². The molecular formula is C21H17Br2N3O3S2. The molecule has 0 bridgehead atoms. The van der Waals surface area contributed by atoms with Gasteiger partial charge in [0.1, 0.15) is 15.7 Å². The Morgan fingerprint density at radius 3 is 2.58 bits per heavy atom. The summed E-state index contributed by atoms with van der Waals surface area (Å²) in [7, 11) is -3.95. The van der Waals surface area contributed by atoms with Crippen molar-refractivity contribution in [3.8, 4) is 0 Å². The van der Waals surface area contributed by atoms with E-state index in [1.807, 2.05) is 17.6 Å². The van der Waals surface area contributed by atoms with Gasteiger partial charge in [-0.05, 0) is 74.2 Å². The van der Waals surface area contributed by atoms with Crippen LogP contribution in [0, 0.1) is 13.8 Å². The van der Waals surface area contributed by atoms with Crippen LogP contribution in [0.1, 0.15) is 27.4 Å². The van der Waals surface area contributed by atoms with Gasteiger partial charge in [0.25, 0.3) is 15.9 Å². The predicted octanol–water partition coefficient (Wildman–Crippen LogP) is 5.41. The number of rotatable bonds is 5. The number of nitrogens with one attached hydrogen (secondary N) is 1. The molecule has 2 aromatic carbocycles. The maximum absolute atomic E-state index is 12.6. The summed E-state index contributed by atoms with van der Waals surface area (Å²) in [5, 5.41) is 2.25. The lowest BCUT2D eigenvalue weighted by atomic mass is 10.0. The molecule has 6 nitrogen and oxygen atoms in total. The average molecular weight is 583 g/mol. The molecule has 160 valence electrons. The average Bonchev–Trinajstić information content (AvgIpc) is 3.31. The van der Waals surface area contributed by atoms with Crippen molar-refractivity contribution in [3.05, 3.63) is 79.6 Å². The van der Waals surface area contributed by atoms with E-state index in [1.54, 1.807) is 19.2 Å². The van der Waals surface area contributed by atoms with Crippen molar-refractivity contribution in [2.75, 3.05) is 0 Å². The fourth-order valence-corrected chi connectivity index (χ4v) is 6.76. The van der Waals surface area contributed by atoms with Crippen LogP contribution in [0.3, 0.4) is 0 Å². The van der Waals surface area contributed by atoms with Crippen molar-refractivity contribution < 1.29 is 13.2 Å². The minimum absolute atomic E-state index is 0.0458. The van der Waals surface area contributed by atoms with Crippen molar-refractivity contribution >= 4 is 69.9 Å². The minimum atomic E-state index is -3.95. The number of sulfonamides is 1. The van der Waals surface area contributed by atoms with Gasteiger partial charge in [-0.2, -0.15) is 0 Å². The van der Waals surface area contributed by atoms with Gasteiger partial charge in [-0.15, -0.1) is 11.3 Å². The van der Waals surface area contributed by atoms with Gasteiger partial charge >= 0.3 is 0 Å². The number of amides is 1. The van der Waals surface area contributed by atoms with Gasteiger partial charge in [0.05, 0.1) is 3.79 Å². The van der Waals surface area contributed by atoms with Crippen LogP contribution >= 0.6 is 43.2 Å². The van der Waals surface area contributed by atoms with E-state index < -0.39 is 15.9 Å². The maximum atomic E-state index is 12.6. The highest BCUT2D eigenvalue weighted by Crippen LogP contribution is 2.30. The molecule has 0 radical (unpaired) electrons. The Balaban J connectivity index is 1.59. The van der Waals surface area contributed by atoms with E-state index >= 15 is 0 Å². The van der Waals surface area contributed by atoms with Crippen molar-refractivity contribution in [3.63, 3.8) is 0 Å². The number of imidazole rings is 1. The molecule has 2 heterocycles. The zero-order valence-electron chi connectivity index (χ0n) is 16.5. The Morgan fingerprint density at radius 1 is 1.13 bits per heavy atom. The van der Waals surface area contributed by atoms with E-state index in [4.69, 9.17) is 0 Å². The third-order valence-electron chi connectivity index (χ3n) is 4.78. The topological polar surface area (TPSA) is 81.1 Å². The van der Waals surface area contributed by atoms with Gasteiger partial charge in [0, 0.05) is 17.2 Å². The third-order valence-corrected chi connectivity index (χ3v) is 9.16. The second kappa shape index (κ2) is 8.50. The molecule has 10 heteroatoms. The number of fused-ring (bicyclic) bond motifs is 1. The largest absolute Gasteiger partial charge is 0.330 e. The van der Waals surface area contributed by atoms with Crippen LogP contribution in [0.25, 0.3) is 10.8 Å². The van der Waals surface area contributed by atoms with Gasteiger partial charge in [-0.25, -0.2) is 18.1 Å². The first kappa shape index (κ1) is 22.2. The number of aromatic nitrogens is 2. The number of thiophene rings is 1. The van der Waals surface area contributed by atoms with Gasteiger partial charge in [0.15, 0.2) is 0 Å². The zero-order chi connectivity index (χ0) is 22.3. The maximum Gasteiger partial charge on any atom is 0.285 e. The number of aryl methyl sites for hydroxylation is 2. The first-order valence-corrected chi connectivity index (χ1v) is 13.1. The SMILES string of the molecule is Cc1ccc2ccc(Cn3cc(C(=O)NS(=O)(=O)c4ccc(Br)s4)nc3C)c(Br)c2c1. The summed E-state index contributed by atoms with van der Waals surface area (Å²) in [5.41, 5.74) is 2.24. The molecule has 0 fully saturated rings. The van der Waals surface area contributed by atoms with Crippen molar-refractivity contribution in [1.82, 2.24) is 14.3 Å². The lowest BCUT2D eigenvalue weighted by Crippen LogP contribution is -2.30. The van der Waals surface area contributed by atoms with Crippen LogP contribution in [0.2, 0.25) is 0 Å². The summed E-state index contributed by atoms with van der Waals surface area (Å²) in [4.78, 5) is 16.8. The van der Waals surface area contributed by atoms with Crippen LogP contribution in [0.5, 0.6) is 0 Å². The molecule has 0 spiro atoms. The molecule has 1 amide bonds. The summed E-state index contributed by atoms with van der Waals surface area (Å²) >= 11 is 7.96. The van der Waals surface area contributed by atoms with Crippen LogP contribution < -0.4 is 4.72 Å². The Labute approximate surface area is 200 Å². The highest BCUT2D eigenvalue weighted by atomic mass is 79.9. The van der Waals surface area contributed by atoms with E-state index in [0.29, 0.717) is 16.2 Å². The minimum Gasteiger partial charge on any atom is -0.330 e. The molecule has 0 unspecified atom stereocenters. The lowest BCUT2D eigenvalue weighted by Gasteiger charge is -2.10. The fraction of sp³-hybridized carbons (Fsp3) is 0.143. The van der Waals surface area contributed by atoms with E-state index in [1.165, 1.54) is 11.6 Å². The first-order valence-electron chi connectivity index (χ1n) is 9.18.